The van der Waals surface area contributed by atoms with E-state index in [4.69, 9.17) is 9.47 Å². The molecule has 0 bridgehead atoms. The van der Waals surface area contributed by atoms with E-state index in [-0.39, 0.29) is 12.5 Å². The number of hydrogen-bond acceptors (Lipinski definition) is 5. The van der Waals surface area contributed by atoms with Crippen LogP contribution in [0.2, 0.25) is 0 Å². The molecule has 122 valence electrons. The highest BCUT2D eigenvalue weighted by atomic mass is 16.5. The molecule has 0 atom stereocenters. The number of nitrogens with zero attached hydrogens (tertiary/aromatic N) is 1. The van der Waals surface area contributed by atoms with Crippen molar-refractivity contribution in [2.45, 2.75) is 6.61 Å². The van der Waals surface area contributed by atoms with Gasteiger partial charge in [0, 0.05) is 31.6 Å². The number of methoxy groups -OCH3 is 1. The number of aromatic nitrogens is 1. The summed E-state index contributed by atoms with van der Waals surface area (Å²) in [7, 11) is 1.62. The molecule has 0 aliphatic heterocycles. The summed E-state index contributed by atoms with van der Waals surface area (Å²) in [6, 6.07) is 13.0. The van der Waals surface area contributed by atoms with E-state index in [1.54, 1.807) is 19.4 Å². The lowest BCUT2D eigenvalue weighted by molar-refractivity contribution is -0.115. The van der Waals surface area contributed by atoms with Gasteiger partial charge in [-0.2, -0.15) is 0 Å². The highest BCUT2D eigenvalue weighted by Crippen LogP contribution is 2.18. The van der Waals surface area contributed by atoms with Crippen LogP contribution in [0.15, 0.2) is 48.7 Å². The van der Waals surface area contributed by atoms with E-state index < -0.39 is 0 Å². The molecular weight excluding hydrogens is 294 g/mol. The first-order valence-electron chi connectivity index (χ1n) is 7.40. The second kappa shape index (κ2) is 9.55. The lowest BCUT2D eigenvalue weighted by Crippen LogP contribution is -2.30. The summed E-state index contributed by atoms with van der Waals surface area (Å²) in [5.74, 6) is 0.573. The Hall–Kier alpha value is -2.44. The van der Waals surface area contributed by atoms with Crippen LogP contribution in [-0.2, 0) is 16.1 Å². The number of amides is 1. The predicted molar refractivity (Wildman–Crippen MR) is 88.4 cm³/mol. The third-order valence-electron chi connectivity index (χ3n) is 3.00. The van der Waals surface area contributed by atoms with Crippen LogP contribution in [0.1, 0.15) is 5.69 Å². The standard InChI is InChI=1S/C17H21N3O3/c1-22-10-9-18-12-17(21)20-14-6-4-7-16(11-14)23-13-15-5-2-3-8-19-15/h2-8,11,18H,9-10,12-13H2,1H3,(H,20,21). The number of benzene rings is 1. The van der Waals surface area contributed by atoms with Gasteiger partial charge < -0.3 is 20.1 Å². The summed E-state index contributed by atoms with van der Waals surface area (Å²) in [5, 5.41) is 5.81. The van der Waals surface area contributed by atoms with E-state index in [0.29, 0.717) is 31.2 Å². The monoisotopic (exact) mass is 315 g/mol. The summed E-state index contributed by atoms with van der Waals surface area (Å²) in [5.41, 5.74) is 1.55. The van der Waals surface area contributed by atoms with Gasteiger partial charge in [-0.15, -0.1) is 0 Å². The molecule has 1 aromatic carbocycles. The Bertz CT molecular complexity index is 605. The molecule has 0 saturated carbocycles. The Morgan fingerprint density at radius 1 is 1.22 bits per heavy atom. The zero-order chi connectivity index (χ0) is 16.3. The second-order valence-electron chi connectivity index (χ2n) is 4.86. The summed E-state index contributed by atoms with van der Waals surface area (Å²) in [6.07, 6.45) is 1.73. The Kier molecular flexibility index (Phi) is 7.03. The van der Waals surface area contributed by atoms with E-state index >= 15 is 0 Å². The van der Waals surface area contributed by atoms with Crippen LogP contribution in [-0.4, -0.2) is 37.7 Å². The van der Waals surface area contributed by atoms with Gasteiger partial charge in [-0.1, -0.05) is 12.1 Å². The summed E-state index contributed by atoms with van der Waals surface area (Å²) >= 11 is 0. The molecule has 0 radical (unpaired) electrons. The highest BCUT2D eigenvalue weighted by molar-refractivity contribution is 5.92. The minimum absolute atomic E-state index is 0.108. The van der Waals surface area contributed by atoms with Crippen LogP contribution >= 0.6 is 0 Å². The maximum Gasteiger partial charge on any atom is 0.238 e. The molecule has 2 rings (SSSR count). The number of carbonyl (C=O) groups excluding carboxylic acids is 1. The predicted octanol–water partition coefficient (Wildman–Crippen LogP) is 1.84. The fraction of sp³-hybridized carbons (Fsp3) is 0.294. The Balaban J connectivity index is 1.81. The molecule has 6 heteroatoms. The fourth-order valence-corrected chi connectivity index (χ4v) is 1.89. The fourth-order valence-electron chi connectivity index (χ4n) is 1.89. The van der Waals surface area contributed by atoms with Crippen LogP contribution in [0.4, 0.5) is 5.69 Å². The quantitative estimate of drug-likeness (QED) is 0.691. The average Bonchev–Trinajstić information content (AvgIpc) is 2.58. The molecule has 23 heavy (non-hydrogen) atoms. The molecule has 1 aromatic heterocycles. The minimum Gasteiger partial charge on any atom is -0.487 e. The molecule has 0 fully saturated rings. The van der Waals surface area contributed by atoms with Gasteiger partial charge in [-0.3, -0.25) is 9.78 Å². The molecule has 1 heterocycles. The van der Waals surface area contributed by atoms with Gasteiger partial charge >= 0.3 is 0 Å². The van der Waals surface area contributed by atoms with Crippen molar-refractivity contribution in [3.05, 3.63) is 54.4 Å². The number of ether oxygens (including phenoxy) is 2. The summed E-state index contributed by atoms with van der Waals surface area (Å²) in [6.45, 7) is 1.83. The van der Waals surface area contributed by atoms with Crippen molar-refractivity contribution in [3.63, 3.8) is 0 Å². The highest BCUT2D eigenvalue weighted by Gasteiger charge is 2.03. The van der Waals surface area contributed by atoms with Crippen molar-refractivity contribution < 1.29 is 14.3 Å². The van der Waals surface area contributed by atoms with E-state index in [1.165, 1.54) is 0 Å². The first-order valence-corrected chi connectivity index (χ1v) is 7.40. The zero-order valence-corrected chi connectivity index (χ0v) is 13.1. The number of rotatable bonds is 9. The first kappa shape index (κ1) is 16.9. The van der Waals surface area contributed by atoms with Crippen molar-refractivity contribution in [2.24, 2.45) is 0 Å². The Labute approximate surface area is 135 Å². The maximum absolute atomic E-state index is 11.8. The number of pyridine rings is 1. The lowest BCUT2D eigenvalue weighted by Gasteiger charge is -2.09. The number of nitrogens with one attached hydrogen (secondary N) is 2. The van der Waals surface area contributed by atoms with Crippen LogP contribution in [0.5, 0.6) is 5.75 Å². The molecule has 0 spiro atoms. The Morgan fingerprint density at radius 2 is 2.13 bits per heavy atom. The Morgan fingerprint density at radius 3 is 2.91 bits per heavy atom. The molecule has 2 aromatic rings. The molecule has 1 amide bonds. The molecular formula is C17H21N3O3. The zero-order valence-electron chi connectivity index (χ0n) is 13.1. The molecule has 0 unspecified atom stereocenters. The van der Waals surface area contributed by atoms with Crippen LogP contribution < -0.4 is 15.4 Å². The van der Waals surface area contributed by atoms with Gasteiger partial charge in [-0.05, 0) is 24.3 Å². The van der Waals surface area contributed by atoms with Crippen LogP contribution in [0, 0.1) is 0 Å². The molecule has 0 aliphatic rings. The van der Waals surface area contributed by atoms with Gasteiger partial charge in [0.15, 0.2) is 0 Å². The van der Waals surface area contributed by atoms with E-state index in [0.717, 1.165) is 5.69 Å². The number of carbonyl (C=O) groups is 1. The van der Waals surface area contributed by atoms with Crippen molar-refractivity contribution in [2.75, 3.05) is 32.1 Å². The summed E-state index contributed by atoms with van der Waals surface area (Å²) < 4.78 is 10.6. The lowest BCUT2D eigenvalue weighted by atomic mass is 10.3. The van der Waals surface area contributed by atoms with Gasteiger partial charge in [-0.25, -0.2) is 0 Å². The third-order valence-corrected chi connectivity index (χ3v) is 3.00. The van der Waals surface area contributed by atoms with E-state index in [1.807, 2.05) is 36.4 Å². The van der Waals surface area contributed by atoms with Crippen molar-refractivity contribution in [1.82, 2.24) is 10.3 Å². The summed E-state index contributed by atoms with van der Waals surface area (Å²) in [4.78, 5) is 16.0. The van der Waals surface area contributed by atoms with Gasteiger partial charge in [0.05, 0.1) is 18.8 Å². The van der Waals surface area contributed by atoms with Gasteiger partial charge in [0.25, 0.3) is 0 Å². The van der Waals surface area contributed by atoms with Crippen molar-refractivity contribution >= 4 is 11.6 Å². The average molecular weight is 315 g/mol. The van der Waals surface area contributed by atoms with Crippen molar-refractivity contribution in [1.29, 1.82) is 0 Å². The maximum atomic E-state index is 11.8. The number of anilines is 1. The molecule has 2 N–H and O–H groups in total. The van der Waals surface area contributed by atoms with Gasteiger partial charge in [0.1, 0.15) is 12.4 Å². The minimum atomic E-state index is -0.108. The topological polar surface area (TPSA) is 72.5 Å². The van der Waals surface area contributed by atoms with E-state index in [9.17, 15) is 4.79 Å². The van der Waals surface area contributed by atoms with Crippen LogP contribution in [0.3, 0.4) is 0 Å². The molecule has 0 saturated heterocycles. The van der Waals surface area contributed by atoms with Gasteiger partial charge in [0.2, 0.25) is 5.91 Å². The smallest absolute Gasteiger partial charge is 0.238 e. The van der Waals surface area contributed by atoms with Crippen LogP contribution in [0.25, 0.3) is 0 Å². The largest absolute Gasteiger partial charge is 0.487 e. The van der Waals surface area contributed by atoms with Crippen molar-refractivity contribution in [3.8, 4) is 5.75 Å². The SMILES string of the molecule is COCCNCC(=O)Nc1cccc(OCc2ccccn2)c1. The normalized spacial score (nSPS) is 10.3. The molecule has 6 nitrogen and oxygen atoms in total. The second-order valence-corrected chi connectivity index (χ2v) is 4.86. The van der Waals surface area contributed by atoms with E-state index in [2.05, 4.69) is 15.6 Å². The molecule has 0 aliphatic carbocycles. The third kappa shape index (κ3) is 6.46. The number of hydrogen-bond donors (Lipinski definition) is 2. The first-order chi connectivity index (χ1) is 11.3.